The van der Waals surface area contributed by atoms with Crippen molar-refractivity contribution in [2.24, 2.45) is 0 Å². The molecule has 0 aliphatic rings. The van der Waals surface area contributed by atoms with Gasteiger partial charge in [-0.25, -0.2) is 19.9 Å². The molecule has 7 aromatic rings. The van der Waals surface area contributed by atoms with Crippen LogP contribution >= 0.6 is 0 Å². The molecule has 0 saturated heterocycles. The van der Waals surface area contributed by atoms with Crippen LogP contribution in [0.2, 0.25) is 0 Å². The van der Waals surface area contributed by atoms with Crippen LogP contribution < -0.4 is 10.6 Å². The van der Waals surface area contributed by atoms with Crippen LogP contribution in [0, 0.1) is 0 Å². The highest BCUT2D eigenvalue weighted by molar-refractivity contribution is 6.07. The highest BCUT2D eigenvalue weighted by Gasteiger charge is 2.15. The maximum absolute atomic E-state index is 13.3. The quantitative estimate of drug-likeness (QED) is 0.176. The summed E-state index contributed by atoms with van der Waals surface area (Å²) >= 11 is 0. The summed E-state index contributed by atoms with van der Waals surface area (Å²) in [5.41, 5.74) is 5.56. The molecular weight excluding hydrogens is 596 g/mol. The molecule has 8 nitrogen and oxygen atoms in total. The van der Waals surface area contributed by atoms with Crippen LogP contribution in [0.15, 0.2) is 158 Å². The summed E-state index contributed by atoms with van der Waals surface area (Å²) in [5, 5.41) is 5.81. The lowest BCUT2D eigenvalue weighted by Crippen LogP contribution is -2.16. The van der Waals surface area contributed by atoms with E-state index in [0.717, 1.165) is 22.3 Å². The number of nitrogens with one attached hydrogen (secondary N) is 2. The van der Waals surface area contributed by atoms with E-state index in [4.69, 9.17) is 9.97 Å². The smallest absolute Gasteiger partial charge is 0.256 e. The molecule has 0 aliphatic carbocycles. The van der Waals surface area contributed by atoms with Gasteiger partial charge < -0.3 is 10.6 Å². The van der Waals surface area contributed by atoms with Crippen LogP contribution in [0.1, 0.15) is 20.7 Å². The van der Waals surface area contributed by atoms with Crippen molar-refractivity contribution in [2.45, 2.75) is 0 Å². The molecule has 2 amide bonds. The van der Waals surface area contributed by atoms with Crippen LogP contribution in [0.4, 0.5) is 11.6 Å². The Labute approximate surface area is 277 Å². The molecule has 0 unspecified atom stereocenters. The fourth-order valence-electron chi connectivity index (χ4n) is 5.12. The van der Waals surface area contributed by atoms with E-state index in [2.05, 4.69) is 20.6 Å². The zero-order valence-corrected chi connectivity index (χ0v) is 25.6. The largest absolute Gasteiger partial charge is 0.306 e. The van der Waals surface area contributed by atoms with Gasteiger partial charge >= 0.3 is 0 Å². The monoisotopic (exact) mass is 624 g/mol. The summed E-state index contributed by atoms with van der Waals surface area (Å²) in [6, 6.07) is 48.6. The summed E-state index contributed by atoms with van der Waals surface area (Å²) in [6.07, 6.45) is 0. The Hall–Kier alpha value is -6.80. The summed E-state index contributed by atoms with van der Waals surface area (Å²) in [6.45, 7) is 0. The third kappa shape index (κ3) is 6.88. The van der Waals surface area contributed by atoms with E-state index in [-0.39, 0.29) is 11.8 Å². The molecule has 230 valence electrons. The number of rotatable bonds is 8. The van der Waals surface area contributed by atoms with Crippen LogP contribution in [0.3, 0.4) is 0 Å². The van der Waals surface area contributed by atoms with Crippen molar-refractivity contribution >= 4 is 23.5 Å². The maximum atomic E-state index is 13.3. The number of hydrogen-bond donors (Lipinski definition) is 2. The molecule has 2 N–H and O–H groups in total. The molecule has 0 fully saturated rings. The van der Waals surface area contributed by atoms with Crippen molar-refractivity contribution in [3.8, 4) is 45.3 Å². The minimum Gasteiger partial charge on any atom is -0.306 e. The lowest BCUT2D eigenvalue weighted by Gasteiger charge is -2.11. The maximum Gasteiger partial charge on any atom is 0.256 e. The van der Waals surface area contributed by atoms with Crippen LogP contribution in [0.5, 0.6) is 0 Å². The Morgan fingerprint density at radius 1 is 0.375 bits per heavy atom. The highest BCUT2D eigenvalue weighted by atomic mass is 16.2. The van der Waals surface area contributed by atoms with Crippen molar-refractivity contribution in [3.63, 3.8) is 0 Å². The molecular formula is C40H28N6O2. The van der Waals surface area contributed by atoms with Crippen LogP contribution in [0.25, 0.3) is 45.3 Å². The highest BCUT2D eigenvalue weighted by Crippen LogP contribution is 2.26. The molecule has 2 heterocycles. The standard InChI is InChI=1S/C40H28N6O2/c47-39(45-35-25-33(27-13-5-1-6-14-27)41-37(43-35)29-17-9-3-10-18-29)31-21-23-32(24-22-31)40(48)46-36-26-34(28-15-7-2-8-16-28)42-38(44-36)30-19-11-4-12-20-30/h1-26H,(H,41,43,45,47)(H,42,44,46,48). The summed E-state index contributed by atoms with van der Waals surface area (Å²) in [7, 11) is 0. The molecule has 7 rings (SSSR count). The second-order valence-electron chi connectivity index (χ2n) is 10.9. The van der Waals surface area contributed by atoms with Gasteiger partial charge in [-0.2, -0.15) is 0 Å². The van der Waals surface area contributed by atoms with Gasteiger partial charge in [0.1, 0.15) is 11.6 Å². The van der Waals surface area contributed by atoms with Crippen molar-refractivity contribution in [1.82, 2.24) is 19.9 Å². The zero-order valence-electron chi connectivity index (χ0n) is 25.6. The fourth-order valence-corrected chi connectivity index (χ4v) is 5.12. The van der Waals surface area contributed by atoms with Gasteiger partial charge in [0.15, 0.2) is 11.6 Å². The van der Waals surface area contributed by atoms with Crippen LogP contribution in [-0.2, 0) is 0 Å². The zero-order chi connectivity index (χ0) is 32.7. The molecule has 0 spiro atoms. The lowest BCUT2D eigenvalue weighted by atomic mass is 10.1. The summed E-state index contributed by atoms with van der Waals surface area (Å²) in [5.74, 6) is 0.983. The van der Waals surface area contributed by atoms with E-state index in [1.165, 1.54) is 0 Å². The Kier molecular flexibility index (Phi) is 8.52. The molecule has 0 radical (unpaired) electrons. The van der Waals surface area contributed by atoms with Crippen molar-refractivity contribution in [1.29, 1.82) is 0 Å². The topological polar surface area (TPSA) is 110 Å². The number of hydrogen-bond acceptors (Lipinski definition) is 6. The fraction of sp³-hybridized carbons (Fsp3) is 0. The van der Waals surface area contributed by atoms with Gasteiger partial charge in [-0.1, -0.05) is 121 Å². The number of carbonyl (C=O) groups is 2. The average molecular weight is 625 g/mol. The third-order valence-corrected chi connectivity index (χ3v) is 7.55. The Morgan fingerprint density at radius 3 is 1.02 bits per heavy atom. The number of nitrogens with zero attached hydrogens (tertiary/aromatic N) is 4. The first-order valence-corrected chi connectivity index (χ1v) is 15.3. The van der Waals surface area contributed by atoms with E-state index in [0.29, 0.717) is 45.8 Å². The SMILES string of the molecule is O=C(Nc1cc(-c2ccccc2)nc(-c2ccccc2)n1)c1ccc(C(=O)Nc2cc(-c3ccccc3)nc(-c3ccccc3)n2)cc1. The minimum atomic E-state index is -0.366. The summed E-state index contributed by atoms with van der Waals surface area (Å²) in [4.78, 5) is 45.4. The van der Waals surface area contributed by atoms with Gasteiger partial charge in [0.25, 0.3) is 11.8 Å². The Balaban J connectivity index is 1.11. The first kappa shape index (κ1) is 29.9. The second-order valence-corrected chi connectivity index (χ2v) is 10.9. The molecule has 48 heavy (non-hydrogen) atoms. The number of benzene rings is 5. The van der Waals surface area contributed by atoms with Gasteiger partial charge in [-0.3, -0.25) is 9.59 Å². The lowest BCUT2D eigenvalue weighted by molar-refractivity contribution is 0.101. The van der Waals surface area contributed by atoms with Gasteiger partial charge in [0, 0.05) is 45.5 Å². The molecule has 0 atom stereocenters. The molecule has 8 heteroatoms. The molecule has 5 aromatic carbocycles. The predicted molar refractivity (Wildman–Crippen MR) is 188 cm³/mol. The van der Waals surface area contributed by atoms with Crippen molar-refractivity contribution < 1.29 is 9.59 Å². The first-order valence-electron chi connectivity index (χ1n) is 15.3. The van der Waals surface area contributed by atoms with Gasteiger partial charge in [-0.15, -0.1) is 0 Å². The Morgan fingerprint density at radius 2 is 0.688 bits per heavy atom. The van der Waals surface area contributed by atoms with Crippen LogP contribution in [-0.4, -0.2) is 31.8 Å². The van der Waals surface area contributed by atoms with E-state index >= 15 is 0 Å². The van der Waals surface area contributed by atoms with Gasteiger partial charge in [0.05, 0.1) is 11.4 Å². The number of carbonyl (C=O) groups excluding carboxylic acids is 2. The van der Waals surface area contributed by atoms with Crippen molar-refractivity contribution in [3.05, 3.63) is 169 Å². The van der Waals surface area contributed by atoms with E-state index in [9.17, 15) is 9.59 Å². The van der Waals surface area contributed by atoms with E-state index < -0.39 is 0 Å². The number of amides is 2. The molecule has 0 bridgehead atoms. The third-order valence-electron chi connectivity index (χ3n) is 7.55. The normalized spacial score (nSPS) is 10.7. The van der Waals surface area contributed by atoms with E-state index in [1.807, 2.05) is 121 Å². The predicted octanol–water partition coefficient (Wildman–Crippen LogP) is 8.44. The molecule has 0 aliphatic heterocycles. The molecule has 0 saturated carbocycles. The van der Waals surface area contributed by atoms with Gasteiger partial charge in [0.2, 0.25) is 0 Å². The van der Waals surface area contributed by atoms with Crippen molar-refractivity contribution in [2.75, 3.05) is 10.6 Å². The average Bonchev–Trinajstić information content (AvgIpc) is 3.16. The van der Waals surface area contributed by atoms with E-state index in [1.54, 1.807) is 36.4 Å². The molecule has 2 aromatic heterocycles. The number of aromatic nitrogens is 4. The minimum absolute atomic E-state index is 0.363. The second kappa shape index (κ2) is 13.7. The van der Waals surface area contributed by atoms with Gasteiger partial charge in [-0.05, 0) is 24.3 Å². The number of anilines is 2. The Bertz CT molecular complexity index is 1920. The summed E-state index contributed by atoms with van der Waals surface area (Å²) < 4.78 is 0. The first-order chi connectivity index (χ1) is 23.6.